The Morgan fingerprint density at radius 2 is 1.91 bits per heavy atom. The van der Waals surface area contributed by atoms with Crippen molar-refractivity contribution in [3.63, 3.8) is 0 Å². The molecule has 23 heavy (non-hydrogen) atoms. The molecule has 2 rings (SSSR count). The molecule has 6 heteroatoms. The normalized spacial score (nSPS) is 27.3. The first-order valence-corrected chi connectivity index (χ1v) is 10.3. The molecule has 5 nitrogen and oxygen atoms in total. The minimum absolute atomic E-state index is 0.437. The molecular formula is C17H30N2O3S. The zero-order valence-electron chi connectivity index (χ0n) is 14.7. The molecule has 1 fully saturated rings. The summed E-state index contributed by atoms with van der Waals surface area (Å²) in [6, 6.07) is 0.437. The van der Waals surface area contributed by atoms with Crippen LogP contribution in [-0.4, -0.2) is 63.2 Å². The van der Waals surface area contributed by atoms with Crippen molar-refractivity contribution in [1.29, 1.82) is 0 Å². The van der Waals surface area contributed by atoms with Gasteiger partial charge in [0, 0.05) is 25.7 Å². The maximum atomic E-state index is 11.5. The number of sulfonamides is 1. The molecule has 0 saturated carbocycles. The van der Waals surface area contributed by atoms with E-state index >= 15 is 0 Å². The molecule has 132 valence electrons. The molecule has 1 aliphatic carbocycles. The van der Waals surface area contributed by atoms with Crippen molar-refractivity contribution in [2.24, 2.45) is 11.8 Å². The number of hydrogen-bond acceptors (Lipinski definition) is 4. The molecule has 2 atom stereocenters. The van der Waals surface area contributed by atoms with Crippen molar-refractivity contribution < 1.29 is 13.2 Å². The van der Waals surface area contributed by atoms with E-state index in [1.54, 1.807) is 4.31 Å². The summed E-state index contributed by atoms with van der Waals surface area (Å²) in [4.78, 5) is 2.29. The highest BCUT2D eigenvalue weighted by Gasteiger charge is 2.26. The number of ether oxygens (including phenoxy) is 1. The quantitative estimate of drug-likeness (QED) is 0.742. The summed E-state index contributed by atoms with van der Waals surface area (Å²) in [6.07, 6.45) is 9.52. The third-order valence-electron chi connectivity index (χ3n) is 5.05. The lowest BCUT2D eigenvalue weighted by Crippen LogP contribution is -2.45. The number of hydrogen-bond donors (Lipinski definition) is 0. The number of rotatable bonds is 6. The molecule has 1 heterocycles. The molecule has 0 spiro atoms. The van der Waals surface area contributed by atoms with Gasteiger partial charge in [-0.1, -0.05) is 19.9 Å². The molecule has 0 aromatic heterocycles. The molecule has 0 bridgehead atoms. The van der Waals surface area contributed by atoms with Gasteiger partial charge in [-0.2, -0.15) is 0 Å². The predicted octanol–water partition coefficient (Wildman–Crippen LogP) is 2.08. The van der Waals surface area contributed by atoms with Gasteiger partial charge in [0.25, 0.3) is 0 Å². The van der Waals surface area contributed by atoms with Crippen LogP contribution in [0.5, 0.6) is 0 Å². The second kappa shape index (κ2) is 7.81. The van der Waals surface area contributed by atoms with E-state index in [0.29, 0.717) is 37.6 Å². The van der Waals surface area contributed by atoms with Crippen LogP contribution >= 0.6 is 0 Å². The summed E-state index contributed by atoms with van der Waals surface area (Å²) >= 11 is 0. The van der Waals surface area contributed by atoms with Gasteiger partial charge >= 0.3 is 0 Å². The molecule has 1 aliphatic heterocycles. The Hall–Kier alpha value is -0.850. The van der Waals surface area contributed by atoms with Crippen LogP contribution in [-0.2, 0) is 14.8 Å². The fourth-order valence-corrected chi connectivity index (χ4v) is 3.96. The van der Waals surface area contributed by atoms with Gasteiger partial charge in [0.15, 0.2) is 0 Å². The minimum Gasteiger partial charge on any atom is -0.493 e. The second-order valence-corrected chi connectivity index (χ2v) is 8.85. The standard InChI is InChI=1S/C17H30N2O3S/c1-14-5-6-17(13-15(14)2)22-12-11-18(3)16-7-9-19(10-8-16)23(4,20)21/h5-6,13-16H,7-12H2,1-4H3/t14-,15+/m0/s1. The van der Waals surface area contributed by atoms with E-state index in [0.717, 1.165) is 25.1 Å². The van der Waals surface area contributed by atoms with Crippen molar-refractivity contribution in [2.75, 3.05) is 39.5 Å². The van der Waals surface area contributed by atoms with Gasteiger partial charge in [0.1, 0.15) is 12.4 Å². The predicted molar refractivity (Wildman–Crippen MR) is 93.6 cm³/mol. The summed E-state index contributed by atoms with van der Waals surface area (Å²) in [5.74, 6) is 2.06. The Bertz CT molecular complexity index is 548. The van der Waals surface area contributed by atoms with Gasteiger partial charge in [-0.25, -0.2) is 12.7 Å². The van der Waals surface area contributed by atoms with Gasteiger partial charge < -0.3 is 4.74 Å². The van der Waals surface area contributed by atoms with E-state index in [-0.39, 0.29) is 0 Å². The lowest BCUT2D eigenvalue weighted by molar-refractivity contribution is 0.123. The van der Waals surface area contributed by atoms with Crippen LogP contribution in [0.2, 0.25) is 0 Å². The van der Waals surface area contributed by atoms with Crippen LogP contribution in [0, 0.1) is 11.8 Å². The third kappa shape index (κ3) is 5.33. The van der Waals surface area contributed by atoms with E-state index in [9.17, 15) is 8.42 Å². The Morgan fingerprint density at radius 1 is 1.26 bits per heavy atom. The largest absolute Gasteiger partial charge is 0.493 e. The number of nitrogens with zero attached hydrogens (tertiary/aromatic N) is 2. The maximum absolute atomic E-state index is 11.5. The smallest absolute Gasteiger partial charge is 0.211 e. The molecule has 2 aliphatic rings. The average molecular weight is 343 g/mol. The molecule has 1 saturated heterocycles. The summed E-state index contributed by atoms with van der Waals surface area (Å²) in [5.41, 5.74) is 0. The summed E-state index contributed by atoms with van der Waals surface area (Å²) < 4.78 is 30.5. The maximum Gasteiger partial charge on any atom is 0.211 e. The summed E-state index contributed by atoms with van der Waals surface area (Å²) in [5, 5.41) is 0. The molecule has 0 N–H and O–H groups in total. The molecule has 0 aromatic carbocycles. The number of piperidine rings is 1. The lowest BCUT2D eigenvalue weighted by atomic mass is 9.91. The fraction of sp³-hybridized carbons (Fsp3) is 0.765. The van der Waals surface area contributed by atoms with E-state index < -0.39 is 10.0 Å². The SMILES string of the molecule is C[C@@H]1C=C(OCCN(C)C2CCN(S(C)(=O)=O)CC2)C=C[C@@H]1C. The van der Waals surface area contributed by atoms with Gasteiger partial charge in [-0.3, -0.25) is 4.90 Å². The fourth-order valence-electron chi connectivity index (χ4n) is 3.09. The molecule has 0 unspecified atom stereocenters. The van der Waals surface area contributed by atoms with Crippen LogP contribution < -0.4 is 0 Å². The first-order valence-electron chi connectivity index (χ1n) is 8.45. The van der Waals surface area contributed by atoms with Crippen LogP contribution in [0.3, 0.4) is 0 Å². The van der Waals surface area contributed by atoms with E-state index in [1.165, 1.54) is 6.26 Å². The Balaban J connectivity index is 1.71. The van der Waals surface area contributed by atoms with Crippen LogP contribution in [0.25, 0.3) is 0 Å². The van der Waals surface area contributed by atoms with E-state index in [4.69, 9.17) is 4.74 Å². The first-order chi connectivity index (χ1) is 10.8. The van der Waals surface area contributed by atoms with E-state index in [1.807, 2.05) is 0 Å². The average Bonchev–Trinajstić information content (AvgIpc) is 2.50. The Labute approximate surface area is 141 Å². The number of likely N-dealkylation sites (N-methyl/N-ethyl adjacent to an activating group) is 1. The van der Waals surface area contributed by atoms with Crippen molar-refractivity contribution in [2.45, 2.75) is 32.7 Å². The van der Waals surface area contributed by atoms with Crippen molar-refractivity contribution in [3.8, 4) is 0 Å². The van der Waals surface area contributed by atoms with Gasteiger partial charge in [-0.15, -0.1) is 0 Å². The van der Waals surface area contributed by atoms with E-state index in [2.05, 4.69) is 44.0 Å². The highest BCUT2D eigenvalue weighted by atomic mass is 32.2. The molecule has 0 aromatic rings. The monoisotopic (exact) mass is 342 g/mol. The van der Waals surface area contributed by atoms with Gasteiger partial charge in [0.2, 0.25) is 10.0 Å². The van der Waals surface area contributed by atoms with Crippen LogP contribution in [0.15, 0.2) is 24.0 Å². The minimum atomic E-state index is -3.04. The lowest BCUT2D eigenvalue weighted by Gasteiger charge is -2.35. The third-order valence-corrected chi connectivity index (χ3v) is 6.35. The Morgan fingerprint density at radius 3 is 2.48 bits per heavy atom. The van der Waals surface area contributed by atoms with Crippen LogP contribution in [0.4, 0.5) is 0 Å². The first kappa shape index (κ1) is 18.5. The molecular weight excluding hydrogens is 312 g/mol. The van der Waals surface area contributed by atoms with Gasteiger partial charge in [0.05, 0.1) is 6.26 Å². The zero-order chi connectivity index (χ0) is 17.0. The second-order valence-electron chi connectivity index (χ2n) is 6.87. The van der Waals surface area contributed by atoms with Crippen LogP contribution in [0.1, 0.15) is 26.7 Å². The molecule has 0 radical (unpaired) electrons. The van der Waals surface area contributed by atoms with Crippen molar-refractivity contribution >= 4 is 10.0 Å². The van der Waals surface area contributed by atoms with Gasteiger partial charge in [-0.05, 0) is 43.9 Å². The highest BCUT2D eigenvalue weighted by molar-refractivity contribution is 7.88. The Kier molecular flexibility index (Phi) is 6.28. The van der Waals surface area contributed by atoms with Crippen molar-refractivity contribution in [1.82, 2.24) is 9.21 Å². The zero-order valence-corrected chi connectivity index (χ0v) is 15.6. The summed E-state index contributed by atoms with van der Waals surface area (Å²) in [6.45, 7) is 7.19. The highest BCUT2D eigenvalue weighted by Crippen LogP contribution is 2.22. The summed E-state index contributed by atoms with van der Waals surface area (Å²) in [7, 11) is -0.944. The van der Waals surface area contributed by atoms with Crippen molar-refractivity contribution in [3.05, 3.63) is 24.0 Å². The topological polar surface area (TPSA) is 49.9 Å². The number of allylic oxidation sites excluding steroid dienone is 3. The molecule has 0 amide bonds.